The maximum Gasteiger partial charge on any atom is 0.294 e. The number of carbonyl (C=O) groups is 2. The fraction of sp³-hybridized carbons (Fsp3) is 0.524. The summed E-state index contributed by atoms with van der Waals surface area (Å²) in [5.41, 5.74) is 2.19. The minimum Gasteiger partial charge on any atom is -0.503 e. The zero-order valence-corrected chi connectivity index (χ0v) is 15.3. The van der Waals surface area contributed by atoms with Gasteiger partial charge in [0.25, 0.3) is 5.91 Å². The van der Waals surface area contributed by atoms with E-state index in [1.807, 2.05) is 45.0 Å². The van der Waals surface area contributed by atoms with Crippen molar-refractivity contribution in [3.05, 3.63) is 41.2 Å². The Hall–Kier alpha value is -2.10. The van der Waals surface area contributed by atoms with Crippen LogP contribution >= 0.6 is 0 Å². The highest BCUT2D eigenvalue weighted by molar-refractivity contribution is 6.16. The zero-order chi connectivity index (χ0) is 18.1. The predicted molar refractivity (Wildman–Crippen MR) is 98.5 cm³/mol. The molecule has 4 heteroatoms. The molecule has 4 nitrogen and oxygen atoms in total. The summed E-state index contributed by atoms with van der Waals surface area (Å²) in [7, 11) is 0. The van der Waals surface area contributed by atoms with Gasteiger partial charge in [-0.2, -0.15) is 0 Å². The highest BCUT2D eigenvalue weighted by atomic mass is 16.3. The molecule has 1 aromatic rings. The molecule has 0 spiro atoms. The smallest absolute Gasteiger partial charge is 0.294 e. The second-order valence-electron chi connectivity index (χ2n) is 7.63. The molecule has 25 heavy (non-hydrogen) atoms. The van der Waals surface area contributed by atoms with Gasteiger partial charge in [0, 0.05) is 11.6 Å². The number of Topliss-reactive ketones (excluding diaryl/α,β-unsaturated/α-hetero) is 1. The molecular weight excluding hydrogens is 314 g/mol. The number of nitrogens with zero attached hydrogens (tertiary/aromatic N) is 1. The maximum atomic E-state index is 12.8. The third kappa shape index (κ3) is 3.22. The molecule has 1 aromatic carbocycles. The average Bonchev–Trinajstić information content (AvgIpc) is 2.87. The van der Waals surface area contributed by atoms with Crippen LogP contribution in [0.15, 0.2) is 35.6 Å². The molecule has 1 heterocycles. The van der Waals surface area contributed by atoms with E-state index >= 15 is 0 Å². The Morgan fingerprint density at radius 3 is 2.28 bits per heavy atom. The summed E-state index contributed by atoms with van der Waals surface area (Å²) in [6.07, 6.45) is 5.40. The van der Waals surface area contributed by atoms with Crippen LogP contribution in [0.3, 0.4) is 0 Å². The number of carbonyl (C=O) groups excluding carboxylic acids is 2. The molecule has 1 aliphatic carbocycles. The van der Waals surface area contributed by atoms with Gasteiger partial charge in [0.2, 0.25) is 0 Å². The number of aryl methyl sites for hydroxylation is 1. The minimum absolute atomic E-state index is 0.115. The van der Waals surface area contributed by atoms with Gasteiger partial charge in [-0.15, -0.1) is 0 Å². The van der Waals surface area contributed by atoms with Crippen LogP contribution in [0.4, 0.5) is 5.69 Å². The standard InChI is InChI=1S/C21H27NO3/c1-13(2)19(23)17-18(15-7-5-4-6-8-15)22(21(25)20(17)24)16-11-9-14(3)10-12-16/h9-13,15,18,24H,4-8H2,1-3H3. The monoisotopic (exact) mass is 341 g/mol. The molecule has 134 valence electrons. The molecule has 0 saturated heterocycles. The summed E-state index contributed by atoms with van der Waals surface area (Å²) >= 11 is 0. The molecule has 0 bridgehead atoms. The van der Waals surface area contributed by atoms with E-state index in [2.05, 4.69) is 0 Å². The van der Waals surface area contributed by atoms with Crippen LogP contribution in [0.1, 0.15) is 51.5 Å². The summed E-state index contributed by atoms with van der Waals surface area (Å²) in [6, 6.07) is 7.38. The molecule has 3 rings (SSSR count). The van der Waals surface area contributed by atoms with Crippen LogP contribution in [0.5, 0.6) is 0 Å². The zero-order valence-electron chi connectivity index (χ0n) is 15.3. The van der Waals surface area contributed by atoms with Crippen molar-refractivity contribution >= 4 is 17.4 Å². The van der Waals surface area contributed by atoms with Gasteiger partial charge in [-0.25, -0.2) is 0 Å². The van der Waals surface area contributed by atoms with Gasteiger partial charge < -0.3 is 5.11 Å². The SMILES string of the molecule is Cc1ccc(N2C(=O)C(O)=C(C(=O)C(C)C)C2C2CCCCC2)cc1. The van der Waals surface area contributed by atoms with Gasteiger partial charge in [-0.3, -0.25) is 14.5 Å². The van der Waals surface area contributed by atoms with Gasteiger partial charge >= 0.3 is 0 Å². The number of amides is 1. The van der Waals surface area contributed by atoms with E-state index in [1.54, 1.807) is 4.90 Å². The first kappa shape index (κ1) is 17.7. The Morgan fingerprint density at radius 1 is 1.12 bits per heavy atom. The van der Waals surface area contributed by atoms with E-state index in [1.165, 1.54) is 6.42 Å². The molecule has 1 amide bonds. The molecule has 1 unspecified atom stereocenters. The summed E-state index contributed by atoms with van der Waals surface area (Å²) in [6.45, 7) is 5.64. The highest BCUT2D eigenvalue weighted by Crippen LogP contribution is 2.41. The number of hydrogen-bond donors (Lipinski definition) is 1. The molecule has 1 fully saturated rings. The first-order chi connectivity index (χ1) is 11.9. The molecule has 1 atom stereocenters. The van der Waals surface area contributed by atoms with Crippen LogP contribution in [0.25, 0.3) is 0 Å². The van der Waals surface area contributed by atoms with Gasteiger partial charge in [0.05, 0.1) is 11.6 Å². The van der Waals surface area contributed by atoms with E-state index < -0.39 is 5.91 Å². The van der Waals surface area contributed by atoms with Crippen molar-refractivity contribution in [3.8, 4) is 0 Å². The van der Waals surface area contributed by atoms with Gasteiger partial charge in [-0.05, 0) is 37.8 Å². The van der Waals surface area contributed by atoms with E-state index in [0.29, 0.717) is 5.57 Å². The molecule has 2 aliphatic rings. The van der Waals surface area contributed by atoms with Crippen LogP contribution in [0.2, 0.25) is 0 Å². The first-order valence-electron chi connectivity index (χ1n) is 9.29. The van der Waals surface area contributed by atoms with Gasteiger partial charge in [-0.1, -0.05) is 50.8 Å². The first-order valence-corrected chi connectivity index (χ1v) is 9.29. The quantitative estimate of drug-likeness (QED) is 0.887. The summed E-state index contributed by atoms with van der Waals surface area (Å²) in [5, 5.41) is 10.5. The number of rotatable bonds is 4. The number of aliphatic hydroxyl groups excluding tert-OH is 1. The van der Waals surface area contributed by atoms with E-state index in [-0.39, 0.29) is 29.4 Å². The van der Waals surface area contributed by atoms with Gasteiger partial charge in [0.1, 0.15) is 0 Å². The molecule has 1 N–H and O–H groups in total. The Kier molecular flexibility index (Phi) is 4.98. The normalized spacial score (nSPS) is 22.2. The molecular formula is C21H27NO3. The lowest BCUT2D eigenvalue weighted by molar-refractivity contribution is -0.119. The van der Waals surface area contributed by atoms with Crippen LogP contribution < -0.4 is 4.90 Å². The Balaban J connectivity index is 2.06. The third-order valence-corrected chi connectivity index (χ3v) is 5.45. The number of hydrogen-bond acceptors (Lipinski definition) is 3. The Bertz CT molecular complexity index is 696. The van der Waals surface area contributed by atoms with Crippen molar-refractivity contribution in [2.24, 2.45) is 11.8 Å². The number of ketones is 1. The molecule has 1 saturated carbocycles. The van der Waals surface area contributed by atoms with Crippen molar-refractivity contribution in [2.45, 2.75) is 58.9 Å². The fourth-order valence-corrected chi connectivity index (χ4v) is 4.08. The van der Waals surface area contributed by atoms with Crippen molar-refractivity contribution in [1.82, 2.24) is 0 Å². The van der Waals surface area contributed by atoms with Crippen LogP contribution in [-0.4, -0.2) is 22.8 Å². The summed E-state index contributed by atoms with van der Waals surface area (Å²) in [4.78, 5) is 27.3. The number of aliphatic hydroxyl groups is 1. The summed E-state index contributed by atoms with van der Waals surface area (Å²) in [5.74, 6) is -0.926. The minimum atomic E-state index is -0.441. The van der Waals surface area contributed by atoms with Crippen molar-refractivity contribution in [1.29, 1.82) is 0 Å². The average molecular weight is 341 g/mol. The lowest BCUT2D eigenvalue weighted by Gasteiger charge is -2.35. The van der Waals surface area contributed by atoms with Gasteiger partial charge in [0.15, 0.2) is 11.5 Å². The maximum absolute atomic E-state index is 12.8. The second kappa shape index (κ2) is 7.03. The highest BCUT2D eigenvalue weighted by Gasteiger charge is 2.47. The fourth-order valence-electron chi connectivity index (χ4n) is 4.08. The predicted octanol–water partition coefficient (Wildman–Crippen LogP) is 4.33. The lowest BCUT2D eigenvalue weighted by Crippen LogP contribution is -2.43. The van der Waals surface area contributed by atoms with E-state index in [0.717, 1.165) is 36.9 Å². The molecule has 0 radical (unpaired) electrons. The Morgan fingerprint density at radius 2 is 1.72 bits per heavy atom. The molecule has 0 aromatic heterocycles. The Labute approximate surface area is 149 Å². The van der Waals surface area contributed by atoms with Crippen LogP contribution in [-0.2, 0) is 9.59 Å². The number of anilines is 1. The van der Waals surface area contributed by atoms with Crippen molar-refractivity contribution in [3.63, 3.8) is 0 Å². The van der Waals surface area contributed by atoms with Crippen LogP contribution in [0, 0.1) is 18.8 Å². The number of benzene rings is 1. The van der Waals surface area contributed by atoms with E-state index in [9.17, 15) is 14.7 Å². The molecule has 1 aliphatic heterocycles. The second-order valence-corrected chi connectivity index (χ2v) is 7.63. The van der Waals surface area contributed by atoms with Crippen molar-refractivity contribution < 1.29 is 14.7 Å². The third-order valence-electron chi connectivity index (χ3n) is 5.45. The lowest BCUT2D eigenvalue weighted by atomic mass is 9.79. The van der Waals surface area contributed by atoms with Crippen molar-refractivity contribution in [2.75, 3.05) is 4.90 Å². The summed E-state index contributed by atoms with van der Waals surface area (Å²) < 4.78 is 0. The topological polar surface area (TPSA) is 57.6 Å². The van der Waals surface area contributed by atoms with E-state index in [4.69, 9.17) is 0 Å². The largest absolute Gasteiger partial charge is 0.503 e.